The number of rotatable bonds is 6. The minimum Gasteiger partial charge on any atom is -0.349 e. The molecule has 0 saturated heterocycles. The molecule has 0 spiro atoms. The molecule has 4 heterocycles. The lowest BCUT2D eigenvalue weighted by Gasteiger charge is -2.05. The summed E-state index contributed by atoms with van der Waals surface area (Å²) in [6.07, 6.45) is 7.40. The van der Waals surface area contributed by atoms with Crippen LogP contribution in [0.2, 0.25) is 0 Å². The number of carbonyl (C=O) groups is 2. The first-order valence-electron chi connectivity index (χ1n) is 10.1. The number of nitrogens with one attached hydrogen (secondary N) is 2. The van der Waals surface area contributed by atoms with Crippen LogP contribution >= 0.6 is 11.8 Å². The zero-order chi connectivity index (χ0) is 20.9. The third-order valence-corrected chi connectivity index (χ3v) is 6.12. The summed E-state index contributed by atoms with van der Waals surface area (Å²) in [6, 6.07) is 7.50. The van der Waals surface area contributed by atoms with Gasteiger partial charge in [0.15, 0.2) is 17.1 Å². The molecule has 0 aromatic carbocycles. The molecule has 2 aliphatic carbocycles. The molecule has 2 amide bonds. The largest absolute Gasteiger partial charge is 0.349 e. The van der Waals surface area contributed by atoms with Gasteiger partial charge < -0.3 is 10.6 Å². The van der Waals surface area contributed by atoms with Crippen LogP contribution in [0, 0.1) is 5.92 Å². The second-order valence-electron chi connectivity index (χ2n) is 7.84. The van der Waals surface area contributed by atoms with Crippen molar-refractivity contribution < 1.29 is 9.59 Å². The van der Waals surface area contributed by atoms with Crippen molar-refractivity contribution in [2.75, 3.05) is 5.32 Å². The highest BCUT2D eigenvalue weighted by molar-refractivity contribution is 7.99. The standard InChI is InChI=1S/C20H18N8O2S/c29-18(11-1-2-11)23-14-10-28-15(22-14)7-8-17(26-28)31-20-25-24-16-6-3-12(9-27(16)20)19(30)21-13-4-5-13/h3,6-11,13H,1-2,4-5H2,(H,21,30)(H,23,29). The van der Waals surface area contributed by atoms with E-state index in [1.807, 2.05) is 12.1 Å². The number of carbonyl (C=O) groups excluding carboxylic acids is 2. The molecule has 2 aliphatic rings. The molecule has 0 aliphatic heterocycles. The lowest BCUT2D eigenvalue weighted by Crippen LogP contribution is -2.25. The number of aromatic nitrogens is 6. The minimum absolute atomic E-state index is 0.00876. The Morgan fingerprint density at radius 1 is 1.00 bits per heavy atom. The molecule has 4 aromatic rings. The van der Waals surface area contributed by atoms with E-state index in [4.69, 9.17) is 0 Å². The number of fused-ring (bicyclic) bond motifs is 2. The fourth-order valence-electron chi connectivity index (χ4n) is 3.22. The Balaban J connectivity index is 1.25. The summed E-state index contributed by atoms with van der Waals surface area (Å²) >= 11 is 1.33. The van der Waals surface area contributed by atoms with Gasteiger partial charge in [-0.3, -0.25) is 14.0 Å². The van der Waals surface area contributed by atoms with Crippen LogP contribution in [0.15, 0.2) is 46.8 Å². The minimum atomic E-state index is -0.0900. The van der Waals surface area contributed by atoms with E-state index in [1.165, 1.54) is 11.8 Å². The molecule has 11 heteroatoms. The highest BCUT2D eigenvalue weighted by Gasteiger charge is 2.30. The number of hydrogen-bond donors (Lipinski definition) is 2. The Hall–Kier alpha value is -3.47. The van der Waals surface area contributed by atoms with Gasteiger partial charge in [0.2, 0.25) is 11.1 Å². The number of imidazole rings is 1. The lowest BCUT2D eigenvalue weighted by molar-refractivity contribution is -0.117. The summed E-state index contributed by atoms with van der Waals surface area (Å²) in [5.41, 5.74) is 1.86. The Morgan fingerprint density at radius 3 is 2.65 bits per heavy atom. The molecule has 10 nitrogen and oxygen atoms in total. The Morgan fingerprint density at radius 2 is 1.84 bits per heavy atom. The summed E-state index contributed by atoms with van der Waals surface area (Å²) in [5.74, 6) is 0.523. The van der Waals surface area contributed by atoms with Crippen LogP contribution in [-0.2, 0) is 4.79 Å². The summed E-state index contributed by atoms with van der Waals surface area (Å²) in [4.78, 5) is 28.7. The molecule has 0 bridgehead atoms. The molecule has 0 atom stereocenters. The highest BCUT2D eigenvalue weighted by Crippen LogP contribution is 2.30. The zero-order valence-corrected chi connectivity index (χ0v) is 17.2. The number of amides is 2. The van der Waals surface area contributed by atoms with E-state index in [1.54, 1.807) is 33.4 Å². The van der Waals surface area contributed by atoms with Gasteiger partial charge in [-0.25, -0.2) is 9.50 Å². The van der Waals surface area contributed by atoms with Gasteiger partial charge in [-0.2, -0.15) is 5.10 Å². The first-order chi connectivity index (χ1) is 15.1. The third kappa shape index (κ3) is 3.72. The fourth-order valence-corrected chi connectivity index (χ4v) is 3.99. The molecule has 2 saturated carbocycles. The molecule has 6 rings (SSSR count). The van der Waals surface area contributed by atoms with Crippen molar-refractivity contribution in [3.8, 4) is 0 Å². The first-order valence-corrected chi connectivity index (χ1v) is 10.9. The quantitative estimate of drug-likeness (QED) is 0.477. The van der Waals surface area contributed by atoms with Gasteiger partial charge in [-0.1, -0.05) is 0 Å². The molecule has 2 N–H and O–H groups in total. The fraction of sp³-hybridized carbons (Fsp3) is 0.300. The molecule has 156 valence electrons. The Labute approximate surface area is 180 Å². The molecule has 31 heavy (non-hydrogen) atoms. The SMILES string of the molecule is O=C(NC1CC1)c1ccc2nnc(Sc3ccc4nc(NC(=O)C5CC5)cn4n3)n2c1. The van der Waals surface area contributed by atoms with E-state index in [0.717, 1.165) is 25.7 Å². The van der Waals surface area contributed by atoms with Crippen molar-refractivity contribution in [1.82, 2.24) is 34.5 Å². The average Bonchev–Trinajstić information content (AvgIpc) is 3.69. The number of nitrogens with zero attached hydrogens (tertiary/aromatic N) is 6. The third-order valence-electron chi connectivity index (χ3n) is 5.24. The van der Waals surface area contributed by atoms with Gasteiger partial charge in [0.1, 0.15) is 5.03 Å². The summed E-state index contributed by atoms with van der Waals surface area (Å²) in [6.45, 7) is 0. The maximum absolute atomic E-state index is 12.4. The Kier molecular flexibility index (Phi) is 4.16. The summed E-state index contributed by atoms with van der Waals surface area (Å²) < 4.78 is 3.41. The van der Waals surface area contributed by atoms with Crippen molar-refractivity contribution >= 4 is 40.7 Å². The van der Waals surface area contributed by atoms with Crippen LogP contribution in [0.1, 0.15) is 36.0 Å². The van der Waals surface area contributed by atoms with E-state index in [0.29, 0.717) is 38.9 Å². The van der Waals surface area contributed by atoms with Gasteiger partial charge in [-0.15, -0.1) is 10.2 Å². The van der Waals surface area contributed by atoms with Crippen molar-refractivity contribution in [1.29, 1.82) is 0 Å². The van der Waals surface area contributed by atoms with Crippen molar-refractivity contribution in [3.63, 3.8) is 0 Å². The van der Waals surface area contributed by atoms with E-state index < -0.39 is 0 Å². The number of pyridine rings is 1. The van der Waals surface area contributed by atoms with E-state index >= 15 is 0 Å². The van der Waals surface area contributed by atoms with Gasteiger partial charge >= 0.3 is 0 Å². The topological polar surface area (TPSA) is 119 Å². The molecule has 0 radical (unpaired) electrons. The van der Waals surface area contributed by atoms with E-state index in [2.05, 4.69) is 30.9 Å². The van der Waals surface area contributed by atoms with Crippen LogP contribution in [0.25, 0.3) is 11.3 Å². The summed E-state index contributed by atoms with van der Waals surface area (Å²) in [7, 11) is 0. The second kappa shape index (κ2) is 7.05. The smallest absolute Gasteiger partial charge is 0.252 e. The van der Waals surface area contributed by atoms with Crippen molar-refractivity contribution in [3.05, 3.63) is 42.2 Å². The lowest BCUT2D eigenvalue weighted by atomic mass is 10.2. The summed E-state index contributed by atoms with van der Waals surface area (Å²) in [5, 5.41) is 20.1. The van der Waals surface area contributed by atoms with Gasteiger partial charge in [0.05, 0.1) is 11.8 Å². The second-order valence-corrected chi connectivity index (χ2v) is 8.83. The maximum Gasteiger partial charge on any atom is 0.252 e. The van der Waals surface area contributed by atoms with Gasteiger partial charge in [0.25, 0.3) is 5.91 Å². The molecular formula is C20H18N8O2S. The number of hydrogen-bond acceptors (Lipinski definition) is 7. The first kappa shape index (κ1) is 18.3. The molecule has 0 unspecified atom stereocenters. The normalized spacial score (nSPS) is 16.0. The van der Waals surface area contributed by atoms with Gasteiger partial charge in [0, 0.05) is 18.2 Å². The monoisotopic (exact) mass is 434 g/mol. The molecular weight excluding hydrogens is 416 g/mol. The van der Waals surface area contributed by atoms with Crippen LogP contribution < -0.4 is 10.6 Å². The van der Waals surface area contributed by atoms with Crippen LogP contribution in [0.3, 0.4) is 0 Å². The zero-order valence-electron chi connectivity index (χ0n) is 16.4. The van der Waals surface area contributed by atoms with Crippen LogP contribution in [-0.4, -0.2) is 47.1 Å². The Bertz CT molecular complexity index is 1340. The molecule has 2 fully saturated rings. The van der Waals surface area contributed by atoms with Crippen molar-refractivity contribution in [2.24, 2.45) is 5.92 Å². The average molecular weight is 434 g/mol. The predicted molar refractivity (Wildman–Crippen MR) is 112 cm³/mol. The van der Waals surface area contributed by atoms with Crippen LogP contribution in [0.4, 0.5) is 5.82 Å². The van der Waals surface area contributed by atoms with E-state index in [9.17, 15) is 9.59 Å². The van der Waals surface area contributed by atoms with Crippen LogP contribution in [0.5, 0.6) is 0 Å². The molecule has 4 aromatic heterocycles. The number of anilines is 1. The predicted octanol–water partition coefficient (Wildman–Crippen LogP) is 2.16. The van der Waals surface area contributed by atoms with Gasteiger partial charge in [-0.05, 0) is 61.7 Å². The highest BCUT2D eigenvalue weighted by atomic mass is 32.2. The maximum atomic E-state index is 12.4. The van der Waals surface area contributed by atoms with Crippen molar-refractivity contribution in [2.45, 2.75) is 41.9 Å². The van der Waals surface area contributed by atoms with E-state index in [-0.39, 0.29) is 17.7 Å².